The third kappa shape index (κ3) is 5.45. The van der Waals surface area contributed by atoms with Crippen LogP contribution in [0.25, 0.3) is 0 Å². The fourth-order valence-electron chi connectivity index (χ4n) is 4.02. The Morgan fingerprint density at radius 3 is 2.42 bits per heavy atom. The highest BCUT2D eigenvalue weighted by Crippen LogP contribution is 2.38. The molecule has 1 atom stereocenters. The highest BCUT2D eigenvalue weighted by molar-refractivity contribution is 7.89. The number of esters is 1. The lowest BCUT2D eigenvalue weighted by Crippen LogP contribution is -2.33. The predicted octanol–water partition coefficient (Wildman–Crippen LogP) is 3.64. The molecular formula is C26H24N4O7S. The van der Waals surface area contributed by atoms with Gasteiger partial charge in [0.1, 0.15) is 12.5 Å². The molecule has 1 N–H and O–H groups in total. The third-order valence-electron chi connectivity index (χ3n) is 5.87. The van der Waals surface area contributed by atoms with Gasteiger partial charge in [-0.15, -0.1) is 0 Å². The van der Waals surface area contributed by atoms with Crippen LogP contribution in [0.1, 0.15) is 24.0 Å². The standard InChI is InChI=1S/C26H24N4O7S/c1-3-37-23(31)16-29(2)38(35,36)20-12-9-18(10-13-20)27-25(17-7-5-4-6-8-17)24-21-15-19(30(33)34)11-14-22(21)28-26(24)32/h4-15,24H,3,16H2,1-2H3,(H,28,32). The number of carbonyl (C=O) groups is 2. The molecule has 1 aliphatic rings. The van der Waals surface area contributed by atoms with Gasteiger partial charge >= 0.3 is 5.97 Å². The van der Waals surface area contributed by atoms with Gasteiger partial charge in [-0.3, -0.25) is 24.7 Å². The van der Waals surface area contributed by atoms with Gasteiger partial charge in [-0.1, -0.05) is 30.3 Å². The Bertz CT molecular complexity index is 1520. The summed E-state index contributed by atoms with van der Waals surface area (Å²) in [6.45, 7) is 1.33. The van der Waals surface area contributed by atoms with Crippen molar-refractivity contribution in [3.8, 4) is 0 Å². The summed E-state index contributed by atoms with van der Waals surface area (Å²) in [5.41, 5.74) is 2.06. The first-order valence-corrected chi connectivity index (χ1v) is 13.0. The van der Waals surface area contributed by atoms with Crippen LogP contribution in [0.15, 0.2) is 82.7 Å². The zero-order valence-electron chi connectivity index (χ0n) is 20.5. The first-order chi connectivity index (χ1) is 18.1. The van der Waals surface area contributed by atoms with Gasteiger partial charge < -0.3 is 10.1 Å². The number of anilines is 1. The van der Waals surface area contributed by atoms with Crippen molar-refractivity contribution in [1.82, 2.24) is 4.31 Å². The molecule has 38 heavy (non-hydrogen) atoms. The normalized spacial score (nSPS) is 15.2. The Morgan fingerprint density at radius 2 is 1.79 bits per heavy atom. The average Bonchev–Trinajstić information content (AvgIpc) is 3.22. The summed E-state index contributed by atoms with van der Waals surface area (Å²) in [5, 5.41) is 14.1. The number of likely N-dealkylation sites (N-methyl/N-ethyl adjacent to an activating group) is 1. The Hall–Kier alpha value is -4.42. The number of benzene rings is 3. The highest BCUT2D eigenvalue weighted by atomic mass is 32.2. The van der Waals surface area contributed by atoms with Gasteiger partial charge in [0, 0.05) is 30.4 Å². The van der Waals surface area contributed by atoms with E-state index < -0.39 is 33.4 Å². The SMILES string of the molecule is CCOC(=O)CN(C)S(=O)(=O)c1ccc(N=C(c2ccccc2)C2C(=O)Nc3ccc([N+](=O)[O-])cc32)cc1. The molecule has 0 saturated heterocycles. The number of aliphatic imine (C=N–C) groups is 1. The lowest BCUT2D eigenvalue weighted by atomic mass is 9.90. The number of nitrogens with one attached hydrogen (secondary N) is 1. The Balaban J connectivity index is 1.72. The van der Waals surface area contributed by atoms with Crippen molar-refractivity contribution in [2.75, 3.05) is 25.5 Å². The van der Waals surface area contributed by atoms with E-state index in [1.165, 1.54) is 49.5 Å². The molecule has 1 amide bonds. The van der Waals surface area contributed by atoms with Gasteiger partial charge in [0.25, 0.3) is 5.69 Å². The Kier molecular flexibility index (Phi) is 7.65. The van der Waals surface area contributed by atoms with Gasteiger partial charge in [0.05, 0.1) is 27.8 Å². The van der Waals surface area contributed by atoms with E-state index in [4.69, 9.17) is 4.74 Å². The molecule has 196 valence electrons. The lowest BCUT2D eigenvalue weighted by Gasteiger charge is -2.16. The maximum Gasteiger partial charge on any atom is 0.321 e. The van der Waals surface area contributed by atoms with Crippen LogP contribution in [-0.4, -0.2) is 55.4 Å². The molecule has 12 heteroatoms. The Labute approximate surface area is 219 Å². The maximum atomic E-state index is 13.0. The first-order valence-electron chi connectivity index (χ1n) is 11.6. The molecule has 1 aliphatic heterocycles. The number of amides is 1. The van der Waals surface area contributed by atoms with Crippen LogP contribution in [0.3, 0.4) is 0 Å². The fraction of sp³-hybridized carbons (Fsp3) is 0.192. The summed E-state index contributed by atoms with van der Waals surface area (Å²) in [6, 6.07) is 18.7. The quantitative estimate of drug-likeness (QED) is 0.190. The second-order valence-electron chi connectivity index (χ2n) is 8.37. The summed E-state index contributed by atoms with van der Waals surface area (Å²) in [5.74, 6) is -1.98. The number of fused-ring (bicyclic) bond motifs is 1. The molecule has 0 radical (unpaired) electrons. The second kappa shape index (κ2) is 10.9. The van der Waals surface area contributed by atoms with E-state index in [9.17, 15) is 28.1 Å². The van der Waals surface area contributed by atoms with E-state index in [0.717, 1.165) is 4.31 Å². The van der Waals surface area contributed by atoms with Crippen LogP contribution in [-0.2, 0) is 24.3 Å². The number of ether oxygens (including phenoxy) is 1. The number of sulfonamides is 1. The zero-order valence-corrected chi connectivity index (χ0v) is 21.3. The van der Waals surface area contributed by atoms with E-state index in [-0.39, 0.29) is 23.1 Å². The summed E-state index contributed by atoms with van der Waals surface area (Å²) in [6.07, 6.45) is 0. The molecule has 0 saturated carbocycles. The van der Waals surface area contributed by atoms with Crippen molar-refractivity contribution < 1.29 is 27.7 Å². The van der Waals surface area contributed by atoms with Gasteiger partial charge in [-0.05, 0) is 42.8 Å². The maximum absolute atomic E-state index is 13.0. The molecule has 1 unspecified atom stereocenters. The number of carbonyl (C=O) groups excluding carboxylic acids is 2. The minimum absolute atomic E-state index is 0.0518. The van der Waals surface area contributed by atoms with Crippen molar-refractivity contribution in [1.29, 1.82) is 0 Å². The molecule has 1 heterocycles. The van der Waals surface area contributed by atoms with Crippen LogP contribution < -0.4 is 5.32 Å². The highest BCUT2D eigenvalue weighted by Gasteiger charge is 2.36. The van der Waals surface area contributed by atoms with Crippen LogP contribution in [0.4, 0.5) is 17.1 Å². The van der Waals surface area contributed by atoms with Gasteiger partial charge in [0.15, 0.2) is 0 Å². The average molecular weight is 537 g/mol. The van der Waals surface area contributed by atoms with Gasteiger partial charge in [-0.2, -0.15) is 4.31 Å². The molecule has 3 aromatic carbocycles. The van der Waals surface area contributed by atoms with Crippen LogP contribution >= 0.6 is 0 Å². The number of nitro benzene ring substituents is 1. The van der Waals surface area contributed by atoms with Crippen molar-refractivity contribution in [2.45, 2.75) is 17.7 Å². The summed E-state index contributed by atoms with van der Waals surface area (Å²) >= 11 is 0. The number of nitrogens with zero attached hydrogens (tertiary/aromatic N) is 3. The fourth-order valence-corrected chi connectivity index (χ4v) is 5.14. The molecule has 0 aliphatic carbocycles. The molecule has 11 nitrogen and oxygen atoms in total. The van der Waals surface area contributed by atoms with Crippen LogP contribution in [0, 0.1) is 10.1 Å². The predicted molar refractivity (Wildman–Crippen MR) is 140 cm³/mol. The number of nitro groups is 1. The van der Waals surface area contributed by atoms with Crippen molar-refractivity contribution in [3.05, 3.63) is 94.0 Å². The molecule has 3 aromatic rings. The summed E-state index contributed by atoms with van der Waals surface area (Å²) < 4.78 is 31.5. The molecule has 4 rings (SSSR count). The summed E-state index contributed by atoms with van der Waals surface area (Å²) in [4.78, 5) is 40.2. The monoisotopic (exact) mass is 536 g/mol. The minimum Gasteiger partial charge on any atom is -0.465 e. The van der Waals surface area contributed by atoms with Crippen molar-refractivity contribution in [3.63, 3.8) is 0 Å². The van der Waals surface area contributed by atoms with E-state index in [1.54, 1.807) is 37.3 Å². The molecule has 0 aromatic heterocycles. The Morgan fingerprint density at radius 1 is 1.11 bits per heavy atom. The van der Waals surface area contributed by atoms with E-state index in [2.05, 4.69) is 10.3 Å². The van der Waals surface area contributed by atoms with Crippen LogP contribution in [0.2, 0.25) is 0 Å². The smallest absolute Gasteiger partial charge is 0.321 e. The lowest BCUT2D eigenvalue weighted by molar-refractivity contribution is -0.384. The number of rotatable bonds is 9. The minimum atomic E-state index is -3.97. The van der Waals surface area contributed by atoms with Gasteiger partial charge in [0.2, 0.25) is 15.9 Å². The molecule has 0 spiro atoms. The van der Waals surface area contributed by atoms with Crippen molar-refractivity contribution >= 4 is 44.7 Å². The van der Waals surface area contributed by atoms with E-state index in [1.807, 2.05) is 0 Å². The van der Waals surface area contributed by atoms with Gasteiger partial charge in [-0.25, -0.2) is 8.42 Å². The van der Waals surface area contributed by atoms with Crippen molar-refractivity contribution in [2.24, 2.45) is 4.99 Å². The first kappa shape index (κ1) is 26.6. The zero-order chi connectivity index (χ0) is 27.4. The summed E-state index contributed by atoms with van der Waals surface area (Å²) in [7, 11) is -2.69. The topological polar surface area (TPSA) is 148 Å². The number of hydrogen-bond donors (Lipinski definition) is 1. The van der Waals surface area contributed by atoms with Crippen LogP contribution in [0.5, 0.6) is 0 Å². The number of hydrogen-bond acceptors (Lipinski definition) is 8. The molecule has 0 fully saturated rings. The third-order valence-corrected chi connectivity index (χ3v) is 7.69. The second-order valence-corrected chi connectivity index (χ2v) is 10.4. The molecule has 0 bridgehead atoms. The largest absolute Gasteiger partial charge is 0.465 e. The molecular weight excluding hydrogens is 512 g/mol. The van der Waals surface area contributed by atoms with E-state index in [0.29, 0.717) is 28.2 Å². The van der Waals surface area contributed by atoms with E-state index >= 15 is 0 Å². The number of non-ortho nitro benzene ring substituents is 1.